The van der Waals surface area contributed by atoms with Gasteiger partial charge in [-0.25, -0.2) is 9.91 Å². The van der Waals surface area contributed by atoms with Crippen molar-refractivity contribution in [3.05, 3.63) is 108 Å². The van der Waals surface area contributed by atoms with Crippen molar-refractivity contribution in [2.24, 2.45) is 21.4 Å². The van der Waals surface area contributed by atoms with Crippen molar-refractivity contribution in [2.75, 3.05) is 25.7 Å². The third-order valence-electron chi connectivity index (χ3n) is 9.83. The molecule has 0 N–H and O–H groups in total. The zero-order valence-electron chi connectivity index (χ0n) is 27.1. The Hall–Kier alpha value is -5.84. The number of imide groups is 1. The van der Waals surface area contributed by atoms with Crippen molar-refractivity contribution in [3.63, 3.8) is 0 Å². The Morgan fingerprint density at radius 1 is 0.857 bits per heavy atom. The highest BCUT2D eigenvalue weighted by Crippen LogP contribution is 2.45. The quantitative estimate of drug-likeness (QED) is 0.227. The van der Waals surface area contributed by atoms with Crippen LogP contribution < -0.4 is 14.4 Å². The summed E-state index contributed by atoms with van der Waals surface area (Å²) in [6.07, 6.45) is 4.78. The lowest BCUT2D eigenvalue weighted by Gasteiger charge is -2.30. The Balaban J connectivity index is 1.10. The van der Waals surface area contributed by atoms with Crippen LogP contribution >= 0.6 is 0 Å². The summed E-state index contributed by atoms with van der Waals surface area (Å²) < 4.78 is 10.7. The predicted octanol–water partition coefficient (Wildman–Crippen LogP) is 5.97. The van der Waals surface area contributed by atoms with Crippen molar-refractivity contribution in [1.82, 2.24) is 10.0 Å². The Labute approximate surface area is 283 Å². The number of carbonyl (C=O) groups excluding carboxylic acids is 3. The summed E-state index contributed by atoms with van der Waals surface area (Å²) in [5.41, 5.74) is 4.41. The molecule has 0 spiro atoms. The van der Waals surface area contributed by atoms with E-state index in [9.17, 15) is 14.4 Å². The average Bonchev–Trinajstić information content (AvgIpc) is 3.81. The van der Waals surface area contributed by atoms with Gasteiger partial charge in [-0.1, -0.05) is 65.9 Å². The summed E-state index contributed by atoms with van der Waals surface area (Å²) in [6, 6.07) is 26.3. The fraction of sp³-hybridized carbons (Fsp3) is 0.263. The molecule has 1 saturated carbocycles. The van der Waals surface area contributed by atoms with Gasteiger partial charge < -0.3 is 9.47 Å². The van der Waals surface area contributed by atoms with Gasteiger partial charge in [0, 0.05) is 11.3 Å². The SMILES string of the molecule is COc1ccc(/C=C2\CCC[C@@H]3C2=NN(C(=O)CN2N=N[C@@H]4C(=O)N(c5cccc6ccccc56)C(=O)[C@H]42)[C@H]3c2ccc(OC)cc2)cc1. The zero-order chi connectivity index (χ0) is 33.6. The first-order chi connectivity index (χ1) is 23.9. The fourth-order valence-electron chi connectivity index (χ4n) is 7.45. The van der Waals surface area contributed by atoms with Gasteiger partial charge >= 0.3 is 0 Å². The monoisotopic (exact) mass is 654 g/mol. The summed E-state index contributed by atoms with van der Waals surface area (Å²) in [7, 11) is 3.26. The number of fused-ring (bicyclic) bond motifs is 3. The van der Waals surface area contributed by atoms with Crippen molar-refractivity contribution in [1.29, 1.82) is 0 Å². The molecule has 4 atom stereocenters. The molecule has 2 fully saturated rings. The number of ether oxygens (including phenoxy) is 2. The van der Waals surface area contributed by atoms with Gasteiger partial charge in [0.15, 0.2) is 12.1 Å². The van der Waals surface area contributed by atoms with Crippen LogP contribution in [0.25, 0.3) is 16.8 Å². The van der Waals surface area contributed by atoms with Gasteiger partial charge in [-0.15, -0.1) is 0 Å². The fourth-order valence-corrected chi connectivity index (χ4v) is 7.45. The summed E-state index contributed by atoms with van der Waals surface area (Å²) in [5.74, 6) is 0.217. The van der Waals surface area contributed by atoms with E-state index in [-0.39, 0.29) is 24.4 Å². The number of anilines is 1. The Kier molecular flexibility index (Phi) is 7.66. The zero-order valence-corrected chi connectivity index (χ0v) is 27.1. The highest BCUT2D eigenvalue weighted by Gasteiger charge is 2.56. The molecule has 49 heavy (non-hydrogen) atoms. The van der Waals surface area contributed by atoms with E-state index in [4.69, 9.17) is 14.6 Å². The van der Waals surface area contributed by atoms with Crippen molar-refractivity contribution >= 4 is 46.0 Å². The molecule has 0 radical (unpaired) electrons. The third kappa shape index (κ3) is 5.22. The minimum absolute atomic E-state index is 0.0277. The number of hydrogen-bond donors (Lipinski definition) is 0. The lowest BCUT2D eigenvalue weighted by atomic mass is 9.77. The van der Waals surface area contributed by atoms with E-state index in [1.165, 1.54) is 9.91 Å². The van der Waals surface area contributed by atoms with Crippen LogP contribution in [0.15, 0.2) is 112 Å². The van der Waals surface area contributed by atoms with E-state index in [1.807, 2.05) is 84.9 Å². The van der Waals surface area contributed by atoms with Gasteiger partial charge in [0.05, 0.1) is 31.7 Å². The maximum Gasteiger partial charge on any atom is 0.264 e. The third-order valence-corrected chi connectivity index (χ3v) is 9.83. The van der Waals surface area contributed by atoms with E-state index < -0.39 is 23.9 Å². The molecular formula is C38H34N6O5. The van der Waals surface area contributed by atoms with Crippen LogP contribution in [-0.2, 0) is 14.4 Å². The summed E-state index contributed by atoms with van der Waals surface area (Å²) in [4.78, 5) is 43.0. The summed E-state index contributed by atoms with van der Waals surface area (Å²) in [6.45, 7) is -0.263. The van der Waals surface area contributed by atoms with Crippen molar-refractivity contribution < 1.29 is 23.9 Å². The number of hydrogen-bond acceptors (Lipinski definition) is 9. The number of carbonyl (C=O) groups is 3. The molecule has 246 valence electrons. The van der Waals surface area contributed by atoms with Gasteiger partial charge in [0.2, 0.25) is 0 Å². The summed E-state index contributed by atoms with van der Waals surface area (Å²) >= 11 is 0. The van der Waals surface area contributed by atoms with Crippen LogP contribution in [0.1, 0.15) is 36.4 Å². The van der Waals surface area contributed by atoms with E-state index in [0.29, 0.717) is 11.4 Å². The maximum atomic E-state index is 14.3. The van der Waals surface area contributed by atoms with Gasteiger partial charge in [0.25, 0.3) is 17.7 Å². The lowest BCUT2D eigenvalue weighted by molar-refractivity contribution is -0.136. The highest BCUT2D eigenvalue weighted by molar-refractivity contribution is 6.27. The minimum Gasteiger partial charge on any atom is -0.497 e. The van der Waals surface area contributed by atoms with E-state index >= 15 is 0 Å². The van der Waals surface area contributed by atoms with E-state index in [2.05, 4.69) is 16.4 Å². The Morgan fingerprint density at radius 2 is 1.57 bits per heavy atom. The van der Waals surface area contributed by atoms with Crippen molar-refractivity contribution in [2.45, 2.75) is 37.4 Å². The number of allylic oxidation sites excluding steroid dienone is 1. The minimum atomic E-state index is -1.02. The molecule has 1 saturated heterocycles. The number of rotatable bonds is 7. The van der Waals surface area contributed by atoms with Crippen LogP contribution in [-0.4, -0.2) is 66.3 Å². The molecule has 8 rings (SSSR count). The number of methoxy groups -OCH3 is 2. The normalized spacial score (nSPS) is 23.7. The Morgan fingerprint density at radius 3 is 2.33 bits per heavy atom. The Bertz CT molecular complexity index is 2050. The topological polar surface area (TPSA) is 116 Å². The standard InChI is InChI=1S/C38H34N6O5/c1-48-27-17-13-23(14-18-27)21-26-9-5-11-30-33(26)40-44(35(30)25-15-19-28(49-2)20-16-25)32(45)22-42-36-34(39-41-42)37(46)43(38(36)47)31-12-6-8-24-7-3-4-10-29(24)31/h3-4,6-8,10,12-21,30,34-36H,5,9,11,22H2,1-2H3/b26-21+/t30-,34+,35+,36+/m1/s1. The number of benzene rings is 4. The first-order valence-corrected chi connectivity index (χ1v) is 16.4. The molecule has 3 heterocycles. The molecular weight excluding hydrogens is 620 g/mol. The van der Waals surface area contributed by atoms with Crippen LogP contribution in [0.5, 0.6) is 11.5 Å². The molecule has 4 aromatic carbocycles. The van der Waals surface area contributed by atoms with Gasteiger partial charge in [-0.05, 0) is 77.8 Å². The van der Waals surface area contributed by atoms with E-state index in [1.54, 1.807) is 25.3 Å². The molecule has 11 nitrogen and oxygen atoms in total. The average molecular weight is 655 g/mol. The number of nitrogens with zero attached hydrogens (tertiary/aromatic N) is 6. The molecule has 1 aliphatic carbocycles. The second-order valence-corrected chi connectivity index (χ2v) is 12.6. The molecule has 0 bridgehead atoms. The van der Waals surface area contributed by atoms with Gasteiger partial charge in [-0.2, -0.15) is 10.2 Å². The van der Waals surface area contributed by atoms with Crippen LogP contribution in [0, 0.1) is 5.92 Å². The highest BCUT2D eigenvalue weighted by atomic mass is 16.5. The van der Waals surface area contributed by atoms with Gasteiger partial charge in [-0.3, -0.25) is 19.4 Å². The van der Waals surface area contributed by atoms with Crippen LogP contribution in [0.4, 0.5) is 5.69 Å². The van der Waals surface area contributed by atoms with Crippen LogP contribution in [0.2, 0.25) is 0 Å². The molecule has 3 amide bonds. The molecule has 11 heteroatoms. The molecule has 0 unspecified atom stereocenters. The maximum absolute atomic E-state index is 14.3. The predicted molar refractivity (Wildman–Crippen MR) is 184 cm³/mol. The molecule has 4 aliphatic rings. The smallest absolute Gasteiger partial charge is 0.264 e. The first kappa shape index (κ1) is 30.5. The molecule has 4 aromatic rings. The van der Waals surface area contributed by atoms with Crippen molar-refractivity contribution in [3.8, 4) is 11.5 Å². The first-order valence-electron chi connectivity index (χ1n) is 16.4. The molecule has 3 aliphatic heterocycles. The number of amides is 3. The largest absolute Gasteiger partial charge is 0.497 e. The summed E-state index contributed by atoms with van der Waals surface area (Å²) in [5, 5.41) is 17.9. The molecule has 0 aromatic heterocycles. The lowest BCUT2D eigenvalue weighted by Crippen LogP contribution is -2.45. The van der Waals surface area contributed by atoms with E-state index in [0.717, 1.165) is 58.2 Å². The van der Waals surface area contributed by atoms with Gasteiger partial charge in [0.1, 0.15) is 18.0 Å². The van der Waals surface area contributed by atoms with Crippen LogP contribution in [0.3, 0.4) is 0 Å². The number of hydrazone groups is 1. The second-order valence-electron chi connectivity index (χ2n) is 12.6. The second kappa shape index (κ2) is 12.3.